The first kappa shape index (κ1) is 27.6. The van der Waals surface area contributed by atoms with Crippen LogP contribution in [0.3, 0.4) is 0 Å². The van der Waals surface area contributed by atoms with Crippen LogP contribution in [0.1, 0.15) is 18.1 Å². The smallest absolute Gasteiger partial charge is 0.376 e. The van der Waals surface area contributed by atoms with Crippen molar-refractivity contribution >= 4 is 27.0 Å². The summed E-state index contributed by atoms with van der Waals surface area (Å²) in [6.07, 6.45) is -4.81. The molecule has 6 nitrogen and oxygen atoms in total. The van der Waals surface area contributed by atoms with E-state index in [9.17, 15) is 26.7 Å². The number of rotatable bonds is 8. The van der Waals surface area contributed by atoms with Crippen LogP contribution in [0, 0.1) is 0 Å². The first-order valence-corrected chi connectivity index (χ1v) is 14.1. The number of likely N-dealkylation sites (N-methyl/N-ethyl adjacent to an activating group) is 1. The van der Waals surface area contributed by atoms with Crippen molar-refractivity contribution in [3.05, 3.63) is 83.2 Å². The normalized spacial score (nSPS) is 19.2. The first-order chi connectivity index (χ1) is 17.4. The Morgan fingerprint density at radius 2 is 1.70 bits per heavy atom. The number of thiophene rings is 1. The van der Waals surface area contributed by atoms with Crippen LogP contribution < -0.4 is 4.90 Å². The zero-order valence-corrected chi connectivity index (χ0v) is 22.2. The van der Waals surface area contributed by atoms with Gasteiger partial charge in [0.15, 0.2) is 5.60 Å². The summed E-state index contributed by atoms with van der Waals surface area (Å²) in [4.78, 5) is 4.14. The molecule has 2 heterocycles. The molecule has 2 atom stereocenters. The molecule has 2 aromatic carbocycles. The van der Waals surface area contributed by atoms with E-state index in [1.54, 1.807) is 29.6 Å². The third kappa shape index (κ3) is 6.01. The Bertz CT molecular complexity index is 1270. The predicted octanol–water partition coefficient (Wildman–Crippen LogP) is 4.53. The molecule has 1 fully saturated rings. The zero-order valence-electron chi connectivity index (χ0n) is 20.6. The number of nitrogens with zero attached hydrogens (tertiary/aromatic N) is 3. The van der Waals surface area contributed by atoms with Crippen LogP contribution >= 0.6 is 11.3 Å². The standard InChI is InChI=1S/C26H30F3N3O3S2/c1-25(33,26(27,28)29)21-10-12-22(13-11-21)32-15-14-31(37(34,35)24-9-6-16-36-24)19-23(32)18-30(2)17-20-7-4-3-5-8-20/h3-13,16,23,33H,14-15,17-19H2,1-2H3/t23-,25-/m1/s1. The van der Waals surface area contributed by atoms with Crippen molar-refractivity contribution in [3.8, 4) is 0 Å². The monoisotopic (exact) mass is 553 g/mol. The molecule has 11 heteroatoms. The van der Waals surface area contributed by atoms with Crippen molar-refractivity contribution in [2.45, 2.75) is 35.5 Å². The van der Waals surface area contributed by atoms with Gasteiger partial charge in [0.1, 0.15) is 4.21 Å². The second-order valence-corrected chi connectivity index (χ2v) is 12.6. The molecule has 0 aliphatic carbocycles. The molecular formula is C26H30F3N3O3S2. The van der Waals surface area contributed by atoms with Crippen LogP contribution in [0.2, 0.25) is 0 Å². The summed E-state index contributed by atoms with van der Waals surface area (Å²) in [6, 6.07) is 18.6. The maximum atomic E-state index is 13.3. The number of alkyl halides is 3. The summed E-state index contributed by atoms with van der Waals surface area (Å²) in [6.45, 7) is 2.80. The van der Waals surface area contributed by atoms with E-state index < -0.39 is 21.8 Å². The molecule has 1 saturated heterocycles. The Morgan fingerprint density at radius 3 is 2.30 bits per heavy atom. The first-order valence-electron chi connectivity index (χ1n) is 11.8. The lowest BCUT2D eigenvalue weighted by Crippen LogP contribution is -2.58. The molecule has 37 heavy (non-hydrogen) atoms. The van der Waals surface area contributed by atoms with Gasteiger partial charge in [-0.15, -0.1) is 11.3 Å². The fraction of sp³-hybridized carbons (Fsp3) is 0.385. The van der Waals surface area contributed by atoms with E-state index >= 15 is 0 Å². The minimum absolute atomic E-state index is 0.237. The van der Waals surface area contributed by atoms with Gasteiger partial charge in [0.05, 0.1) is 6.04 Å². The number of piperazine rings is 1. The van der Waals surface area contributed by atoms with Crippen molar-refractivity contribution in [1.82, 2.24) is 9.21 Å². The van der Waals surface area contributed by atoms with Gasteiger partial charge in [0, 0.05) is 38.4 Å². The Hall–Kier alpha value is -2.44. The van der Waals surface area contributed by atoms with Gasteiger partial charge in [-0.1, -0.05) is 48.5 Å². The third-order valence-corrected chi connectivity index (χ3v) is 9.90. The van der Waals surface area contributed by atoms with Crippen LogP contribution in [0.5, 0.6) is 0 Å². The number of benzene rings is 2. The number of hydrogen-bond acceptors (Lipinski definition) is 6. The molecule has 1 aliphatic heterocycles. The zero-order chi connectivity index (χ0) is 26.8. The average Bonchev–Trinajstić information content (AvgIpc) is 3.40. The van der Waals surface area contributed by atoms with Crippen molar-refractivity contribution in [2.24, 2.45) is 0 Å². The maximum Gasteiger partial charge on any atom is 0.421 e. The van der Waals surface area contributed by atoms with Gasteiger partial charge in [0.2, 0.25) is 0 Å². The van der Waals surface area contributed by atoms with Gasteiger partial charge in [-0.3, -0.25) is 0 Å². The summed E-state index contributed by atoms with van der Waals surface area (Å²) < 4.78 is 68.1. The minimum Gasteiger partial charge on any atom is -0.376 e. The van der Waals surface area contributed by atoms with E-state index in [1.165, 1.54) is 27.8 Å². The predicted molar refractivity (Wildman–Crippen MR) is 139 cm³/mol. The van der Waals surface area contributed by atoms with E-state index in [4.69, 9.17) is 0 Å². The maximum absolute atomic E-state index is 13.3. The lowest BCUT2D eigenvalue weighted by molar-refractivity contribution is -0.258. The lowest BCUT2D eigenvalue weighted by Gasteiger charge is -2.43. The summed E-state index contributed by atoms with van der Waals surface area (Å²) >= 11 is 1.17. The number of anilines is 1. The van der Waals surface area contributed by atoms with Gasteiger partial charge < -0.3 is 14.9 Å². The molecule has 4 rings (SSSR count). The van der Waals surface area contributed by atoms with Crippen molar-refractivity contribution < 1.29 is 26.7 Å². The minimum atomic E-state index is -4.81. The van der Waals surface area contributed by atoms with E-state index in [0.717, 1.165) is 12.5 Å². The quantitative estimate of drug-likeness (QED) is 0.444. The topological polar surface area (TPSA) is 64.1 Å². The van der Waals surface area contributed by atoms with Gasteiger partial charge in [-0.2, -0.15) is 17.5 Å². The van der Waals surface area contributed by atoms with E-state index in [1.807, 2.05) is 42.3 Å². The molecule has 0 bridgehead atoms. The molecule has 3 aromatic rings. The number of aliphatic hydroxyl groups is 1. The third-order valence-electron chi connectivity index (χ3n) is 6.67. The van der Waals surface area contributed by atoms with Crippen LogP contribution in [0.4, 0.5) is 18.9 Å². The molecule has 0 amide bonds. The van der Waals surface area contributed by atoms with Crippen molar-refractivity contribution in [1.29, 1.82) is 0 Å². The molecule has 1 N–H and O–H groups in total. The summed E-state index contributed by atoms with van der Waals surface area (Å²) in [7, 11) is -1.69. The Morgan fingerprint density at radius 1 is 1.03 bits per heavy atom. The second kappa shape index (κ2) is 10.7. The molecule has 1 aliphatic rings. The van der Waals surface area contributed by atoms with Crippen LogP contribution in [0.25, 0.3) is 0 Å². The molecule has 0 radical (unpaired) electrons. The van der Waals surface area contributed by atoms with Gasteiger partial charge in [-0.25, -0.2) is 8.42 Å². The summed E-state index contributed by atoms with van der Waals surface area (Å²) in [5.74, 6) is 0. The molecule has 0 unspecified atom stereocenters. The highest BCUT2D eigenvalue weighted by atomic mass is 32.2. The number of halogens is 3. The second-order valence-electron chi connectivity index (χ2n) is 9.44. The van der Waals surface area contributed by atoms with Crippen LogP contribution in [-0.2, 0) is 22.2 Å². The number of hydrogen-bond donors (Lipinski definition) is 1. The van der Waals surface area contributed by atoms with Crippen molar-refractivity contribution in [2.75, 3.05) is 38.1 Å². The molecule has 0 spiro atoms. The van der Waals surface area contributed by atoms with Crippen LogP contribution in [-0.4, -0.2) is 68.2 Å². The van der Waals surface area contributed by atoms with Gasteiger partial charge in [-0.05, 0) is 48.7 Å². The van der Waals surface area contributed by atoms with E-state index in [2.05, 4.69) is 4.90 Å². The Kier molecular flexibility index (Phi) is 8.01. The molecular weight excluding hydrogens is 523 g/mol. The molecule has 1 aromatic heterocycles. The largest absolute Gasteiger partial charge is 0.421 e. The average molecular weight is 554 g/mol. The Balaban J connectivity index is 1.58. The highest BCUT2D eigenvalue weighted by molar-refractivity contribution is 7.91. The Labute approximate surface area is 219 Å². The summed E-state index contributed by atoms with van der Waals surface area (Å²) in [5, 5.41) is 11.8. The van der Waals surface area contributed by atoms with E-state index in [0.29, 0.717) is 25.3 Å². The SMILES string of the molecule is CN(Cc1ccccc1)C[C@@H]1CN(S(=O)(=O)c2cccs2)CCN1c1ccc([C@@](C)(O)C(F)(F)F)cc1. The summed E-state index contributed by atoms with van der Waals surface area (Å²) in [5.41, 5.74) is -1.42. The fourth-order valence-corrected chi connectivity index (χ4v) is 7.15. The van der Waals surface area contributed by atoms with E-state index in [-0.39, 0.29) is 28.9 Å². The van der Waals surface area contributed by atoms with Crippen LogP contribution in [0.15, 0.2) is 76.3 Å². The van der Waals surface area contributed by atoms with Gasteiger partial charge in [0.25, 0.3) is 10.0 Å². The highest BCUT2D eigenvalue weighted by Gasteiger charge is 2.51. The lowest BCUT2D eigenvalue weighted by atomic mass is 9.95. The molecule has 0 saturated carbocycles. The molecule has 200 valence electrons. The number of sulfonamides is 1. The fourth-order valence-electron chi connectivity index (χ4n) is 4.54. The van der Waals surface area contributed by atoms with Crippen molar-refractivity contribution in [3.63, 3.8) is 0 Å². The van der Waals surface area contributed by atoms with Gasteiger partial charge >= 0.3 is 6.18 Å². The highest BCUT2D eigenvalue weighted by Crippen LogP contribution is 2.39.